The van der Waals surface area contributed by atoms with Crippen molar-refractivity contribution >= 4 is 32.8 Å². The van der Waals surface area contributed by atoms with E-state index in [2.05, 4.69) is 26.1 Å². The number of nitrogens with one attached hydrogen (secondary N) is 1. The number of aliphatic carboxylic acids is 1. The van der Waals surface area contributed by atoms with Crippen LogP contribution in [0.1, 0.15) is 20.3 Å². The molecule has 0 radical (unpaired) electrons. The van der Waals surface area contributed by atoms with E-state index in [9.17, 15) is 14.7 Å². The molecule has 0 saturated heterocycles. The van der Waals surface area contributed by atoms with Gasteiger partial charge in [-0.05, 0) is 29.3 Å². The summed E-state index contributed by atoms with van der Waals surface area (Å²) in [7, 11) is 0. The lowest BCUT2D eigenvalue weighted by molar-refractivity contribution is -0.146. The van der Waals surface area contributed by atoms with Crippen molar-refractivity contribution in [3.05, 3.63) is 27.2 Å². The van der Waals surface area contributed by atoms with Crippen molar-refractivity contribution in [1.29, 1.82) is 0 Å². The van der Waals surface area contributed by atoms with Crippen LogP contribution in [0.4, 0.5) is 0 Å². The van der Waals surface area contributed by atoms with Crippen molar-refractivity contribution in [1.82, 2.24) is 14.8 Å². The van der Waals surface area contributed by atoms with Crippen LogP contribution in [0.2, 0.25) is 0 Å². The standard InChI is InChI=1S/C11H12BrN3O3/c1-3-11(2,10(17)18)15-5-6(12)8-7(15)4-13-14-9(8)16/h4-5H,3H2,1-2H3,(H,14,16)(H,17,18). The summed E-state index contributed by atoms with van der Waals surface area (Å²) in [5, 5.41) is 15.8. The molecule has 7 heteroatoms. The van der Waals surface area contributed by atoms with Gasteiger partial charge in [0.1, 0.15) is 5.54 Å². The summed E-state index contributed by atoms with van der Waals surface area (Å²) >= 11 is 3.28. The summed E-state index contributed by atoms with van der Waals surface area (Å²) in [5.74, 6) is -0.949. The minimum Gasteiger partial charge on any atom is -0.479 e. The van der Waals surface area contributed by atoms with Gasteiger partial charge in [0.2, 0.25) is 0 Å². The van der Waals surface area contributed by atoms with Gasteiger partial charge in [-0.25, -0.2) is 9.89 Å². The predicted molar refractivity (Wildman–Crippen MR) is 69.6 cm³/mol. The van der Waals surface area contributed by atoms with Crippen molar-refractivity contribution in [2.24, 2.45) is 0 Å². The van der Waals surface area contributed by atoms with Gasteiger partial charge in [-0.15, -0.1) is 0 Å². The van der Waals surface area contributed by atoms with Crippen LogP contribution >= 0.6 is 15.9 Å². The van der Waals surface area contributed by atoms with Crippen LogP contribution in [0.3, 0.4) is 0 Å². The fourth-order valence-corrected chi connectivity index (χ4v) is 2.47. The SMILES string of the molecule is CCC(C)(C(=O)O)n1cc(Br)c2c(=O)[nH]ncc21. The van der Waals surface area contributed by atoms with Crippen molar-refractivity contribution in [3.8, 4) is 0 Å². The van der Waals surface area contributed by atoms with E-state index in [0.29, 0.717) is 21.8 Å². The van der Waals surface area contributed by atoms with Gasteiger partial charge in [-0.2, -0.15) is 5.10 Å². The van der Waals surface area contributed by atoms with Gasteiger partial charge in [0.15, 0.2) is 0 Å². The molecule has 0 saturated carbocycles. The van der Waals surface area contributed by atoms with E-state index in [4.69, 9.17) is 0 Å². The second-order valence-corrected chi connectivity index (χ2v) is 5.09. The van der Waals surface area contributed by atoms with Gasteiger partial charge in [0.25, 0.3) is 5.56 Å². The molecule has 1 atom stereocenters. The molecule has 0 amide bonds. The second kappa shape index (κ2) is 4.24. The van der Waals surface area contributed by atoms with Crippen molar-refractivity contribution < 1.29 is 9.90 Å². The number of carboxylic acid groups (broad SMARTS) is 1. The van der Waals surface area contributed by atoms with E-state index in [1.54, 1.807) is 24.6 Å². The summed E-state index contributed by atoms with van der Waals surface area (Å²) in [4.78, 5) is 23.1. The molecule has 0 fully saturated rings. The van der Waals surface area contributed by atoms with Crippen molar-refractivity contribution in [2.45, 2.75) is 25.8 Å². The van der Waals surface area contributed by atoms with Crippen molar-refractivity contribution in [3.63, 3.8) is 0 Å². The Labute approximate surface area is 111 Å². The lowest BCUT2D eigenvalue weighted by Gasteiger charge is -2.26. The van der Waals surface area contributed by atoms with E-state index in [1.165, 1.54) is 6.20 Å². The molecule has 18 heavy (non-hydrogen) atoms. The molecule has 96 valence electrons. The summed E-state index contributed by atoms with van der Waals surface area (Å²) < 4.78 is 2.12. The first-order valence-corrected chi connectivity index (χ1v) is 6.19. The summed E-state index contributed by atoms with van der Waals surface area (Å²) in [6.07, 6.45) is 3.46. The van der Waals surface area contributed by atoms with Gasteiger partial charge in [0.05, 0.1) is 17.1 Å². The smallest absolute Gasteiger partial charge is 0.329 e. The summed E-state index contributed by atoms with van der Waals surface area (Å²) in [5.41, 5.74) is -0.959. The van der Waals surface area contributed by atoms with E-state index < -0.39 is 11.5 Å². The molecule has 2 rings (SSSR count). The lowest BCUT2D eigenvalue weighted by atomic mass is 9.99. The van der Waals surface area contributed by atoms with E-state index in [0.717, 1.165) is 0 Å². The fraction of sp³-hybridized carbons (Fsp3) is 0.364. The first-order valence-electron chi connectivity index (χ1n) is 5.40. The molecule has 2 heterocycles. The Hall–Kier alpha value is -1.63. The summed E-state index contributed by atoms with van der Waals surface area (Å²) in [6, 6.07) is 0. The minimum absolute atomic E-state index is 0.345. The van der Waals surface area contributed by atoms with E-state index >= 15 is 0 Å². The Morgan fingerprint density at radius 1 is 1.67 bits per heavy atom. The number of carboxylic acids is 1. The molecule has 6 nitrogen and oxygen atoms in total. The Morgan fingerprint density at radius 3 is 2.89 bits per heavy atom. The van der Waals surface area contributed by atoms with Crippen molar-refractivity contribution in [2.75, 3.05) is 0 Å². The molecule has 0 bridgehead atoms. The first-order chi connectivity index (χ1) is 8.41. The first kappa shape index (κ1) is 12.8. The number of aromatic amines is 1. The Morgan fingerprint density at radius 2 is 2.33 bits per heavy atom. The molecule has 2 aromatic heterocycles. The zero-order chi connectivity index (χ0) is 13.5. The van der Waals surface area contributed by atoms with Crippen LogP contribution in [-0.2, 0) is 10.3 Å². The maximum absolute atomic E-state index is 11.7. The molecular weight excluding hydrogens is 302 g/mol. The van der Waals surface area contributed by atoms with E-state index in [1.807, 2.05) is 0 Å². The Balaban J connectivity index is 2.85. The van der Waals surface area contributed by atoms with E-state index in [-0.39, 0.29) is 5.56 Å². The number of aromatic nitrogens is 3. The maximum Gasteiger partial charge on any atom is 0.329 e. The minimum atomic E-state index is -1.11. The van der Waals surface area contributed by atoms with Gasteiger partial charge in [-0.3, -0.25) is 4.79 Å². The highest BCUT2D eigenvalue weighted by molar-refractivity contribution is 9.10. The number of hydrogen-bond donors (Lipinski definition) is 2. The van der Waals surface area contributed by atoms with Gasteiger partial charge in [0, 0.05) is 10.7 Å². The number of halogens is 1. The fourth-order valence-electron chi connectivity index (χ4n) is 1.88. The lowest BCUT2D eigenvalue weighted by Crippen LogP contribution is -2.37. The van der Waals surface area contributed by atoms with Gasteiger partial charge in [-0.1, -0.05) is 6.92 Å². The molecule has 2 N–H and O–H groups in total. The monoisotopic (exact) mass is 313 g/mol. The third-order valence-corrected chi connectivity index (χ3v) is 3.86. The Bertz CT molecular complexity index is 676. The average Bonchev–Trinajstić information content (AvgIpc) is 2.67. The highest BCUT2D eigenvalue weighted by Crippen LogP contribution is 2.30. The van der Waals surface area contributed by atoms with Crippen LogP contribution < -0.4 is 5.56 Å². The number of carbonyl (C=O) groups is 1. The quantitative estimate of drug-likeness (QED) is 0.902. The molecule has 0 spiro atoms. The molecular formula is C11H12BrN3O3. The zero-order valence-corrected chi connectivity index (χ0v) is 11.5. The number of hydrogen-bond acceptors (Lipinski definition) is 3. The molecule has 0 aliphatic rings. The third kappa shape index (κ3) is 1.66. The topological polar surface area (TPSA) is 88.0 Å². The normalized spacial score (nSPS) is 14.6. The number of H-pyrrole nitrogens is 1. The highest BCUT2D eigenvalue weighted by Gasteiger charge is 2.35. The molecule has 1 unspecified atom stereocenters. The molecule has 0 aliphatic carbocycles. The number of rotatable bonds is 3. The maximum atomic E-state index is 11.7. The number of fused-ring (bicyclic) bond motifs is 1. The van der Waals surface area contributed by atoms with Crippen LogP contribution in [0.15, 0.2) is 21.7 Å². The van der Waals surface area contributed by atoms with Gasteiger partial charge < -0.3 is 9.67 Å². The zero-order valence-electron chi connectivity index (χ0n) is 9.90. The molecule has 2 aromatic rings. The van der Waals surface area contributed by atoms with Crippen LogP contribution in [0, 0.1) is 0 Å². The van der Waals surface area contributed by atoms with Gasteiger partial charge >= 0.3 is 5.97 Å². The molecule has 0 aromatic carbocycles. The van der Waals surface area contributed by atoms with Crippen LogP contribution in [-0.4, -0.2) is 25.8 Å². The van der Waals surface area contributed by atoms with Crippen LogP contribution in [0.25, 0.3) is 10.9 Å². The average molecular weight is 314 g/mol. The summed E-state index contributed by atoms with van der Waals surface area (Å²) in [6.45, 7) is 3.40. The highest BCUT2D eigenvalue weighted by atomic mass is 79.9. The molecule has 0 aliphatic heterocycles. The second-order valence-electron chi connectivity index (χ2n) is 4.24. The third-order valence-electron chi connectivity index (χ3n) is 3.26. The Kier molecular flexibility index (Phi) is 3.02. The predicted octanol–water partition coefficient (Wildman–Crippen LogP) is 1.70. The van der Waals surface area contributed by atoms with Crippen LogP contribution in [0.5, 0.6) is 0 Å². The number of nitrogens with zero attached hydrogens (tertiary/aromatic N) is 2. The largest absolute Gasteiger partial charge is 0.479 e.